The fourth-order valence-corrected chi connectivity index (χ4v) is 1.13. The van der Waals surface area contributed by atoms with Crippen molar-refractivity contribution in [3.8, 4) is 0 Å². The summed E-state index contributed by atoms with van der Waals surface area (Å²) in [4.78, 5) is 22.6. The van der Waals surface area contributed by atoms with Crippen LogP contribution in [0.3, 0.4) is 0 Å². The first-order valence-electron chi connectivity index (χ1n) is 4.13. The fourth-order valence-electron chi connectivity index (χ4n) is 1.13. The van der Waals surface area contributed by atoms with Gasteiger partial charge in [-0.05, 0) is 18.6 Å². The Kier molecular flexibility index (Phi) is 2.82. The number of allylic oxidation sites excluding steroid dienone is 1. The van der Waals surface area contributed by atoms with Crippen LogP contribution < -0.4 is 5.73 Å². The number of benzene rings is 1. The van der Waals surface area contributed by atoms with Gasteiger partial charge < -0.3 is 5.73 Å². The molecule has 0 bridgehead atoms. The molecule has 1 aromatic rings. The Hall–Kier alpha value is -1.90. The first-order valence-corrected chi connectivity index (χ1v) is 4.13. The zero-order valence-electron chi connectivity index (χ0n) is 7.91. The van der Waals surface area contributed by atoms with Crippen LogP contribution in [-0.2, 0) is 0 Å². The highest BCUT2D eigenvalue weighted by molar-refractivity contribution is 6.14. The van der Waals surface area contributed by atoms with E-state index >= 15 is 0 Å². The molecule has 0 spiro atoms. The first-order chi connectivity index (χ1) is 6.54. The van der Waals surface area contributed by atoms with E-state index in [-0.39, 0.29) is 11.3 Å². The van der Waals surface area contributed by atoms with E-state index in [9.17, 15) is 9.59 Å². The zero-order valence-corrected chi connectivity index (χ0v) is 7.91. The quantitative estimate of drug-likeness (QED) is 0.579. The largest absolute Gasteiger partial charge is 0.366 e. The van der Waals surface area contributed by atoms with Crippen molar-refractivity contribution in [3.63, 3.8) is 0 Å². The Morgan fingerprint density at radius 1 is 1.21 bits per heavy atom. The lowest BCUT2D eigenvalue weighted by Crippen LogP contribution is -2.16. The number of hydrogen-bond donors (Lipinski definition) is 1. The number of primary amides is 1. The lowest BCUT2D eigenvalue weighted by Gasteiger charge is -2.04. The molecule has 3 heteroatoms. The topological polar surface area (TPSA) is 60.2 Å². The molecule has 0 radical (unpaired) electrons. The number of carbonyl (C=O) groups is 2. The summed E-state index contributed by atoms with van der Waals surface area (Å²) >= 11 is 0. The fraction of sp³-hybridized carbons (Fsp3) is 0.0909. The summed E-state index contributed by atoms with van der Waals surface area (Å²) in [5.41, 5.74) is 6.07. The summed E-state index contributed by atoms with van der Waals surface area (Å²) in [7, 11) is 0. The van der Waals surface area contributed by atoms with Crippen molar-refractivity contribution in [2.24, 2.45) is 5.73 Å². The van der Waals surface area contributed by atoms with Crippen LogP contribution in [0.2, 0.25) is 0 Å². The first kappa shape index (κ1) is 10.2. The predicted octanol–water partition coefficient (Wildman–Crippen LogP) is 1.54. The third-order valence-electron chi connectivity index (χ3n) is 1.82. The Morgan fingerprint density at radius 2 is 1.71 bits per heavy atom. The van der Waals surface area contributed by atoms with E-state index in [1.165, 1.54) is 6.07 Å². The zero-order chi connectivity index (χ0) is 10.7. The minimum atomic E-state index is -0.602. The van der Waals surface area contributed by atoms with E-state index in [2.05, 4.69) is 6.58 Å². The van der Waals surface area contributed by atoms with Crippen molar-refractivity contribution in [2.75, 3.05) is 0 Å². The van der Waals surface area contributed by atoms with Crippen LogP contribution in [0.15, 0.2) is 36.4 Å². The molecule has 14 heavy (non-hydrogen) atoms. The molecule has 1 aromatic carbocycles. The predicted molar refractivity (Wildman–Crippen MR) is 54.1 cm³/mol. The summed E-state index contributed by atoms with van der Waals surface area (Å²) in [6.07, 6.45) is 0. The van der Waals surface area contributed by atoms with Crippen LogP contribution in [-0.4, -0.2) is 11.7 Å². The molecule has 0 saturated carbocycles. The minimum Gasteiger partial charge on any atom is -0.366 e. The summed E-state index contributed by atoms with van der Waals surface area (Å²) in [5.74, 6) is -0.852. The SMILES string of the molecule is C=C(C)C(=O)c1ccccc1C(N)=O. The van der Waals surface area contributed by atoms with Crippen LogP contribution in [0.4, 0.5) is 0 Å². The van der Waals surface area contributed by atoms with E-state index in [0.717, 1.165) is 0 Å². The number of rotatable bonds is 3. The molecule has 2 N–H and O–H groups in total. The van der Waals surface area contributed by atoms with Crippen molar-refractivity contribution in [3.05, 3.63) is 47.5 Å². The molecule has 0 unspecified atom stereocenters. The second kappa shape index (κ2) is 3.87. The Morgan fingerprint density at radius 3 is 2.14 bits per heavy atom. The van der Waals surface area contributed by atoms with Gasteiger partial charge in [0.05, 0.1) is 5.56 Å². The molecular formula is C11H11NO2. The van der Waals surface area contributed by atoms with Crippen LogP contribution in [0.1, 0.15) is 27.6 Å². The van der Waals surface area contributed by atoms with Gasteiger partial charge in [-0.3, -0.25) is 9.59 Å². The summed E-state index contributed by atoms with van der Waals surface area (Å²) in [6.45, 7) is 5.13. The second-order valence-electron chi connectivity index (χ2n) is 3.02. The molecule has 0 heterocycles. The molecule has 0 aliphatic rings. The van der Waals surface area contributed by atoms with Gasteiger partial charge in [0.15, 0.2) is 5.78 Å². The van der Waals surface area contributed by atoms with Gasteiger partial charge in [-0.2, -0.15) is 0 Å². The molecule has 0 saturated heterocycles. The van der Waals surface area contributed by atoms with E-state index in [4.69, 9.17) is 5.73 Å². The van der Waals surface area contributed by atoms with Gasteiger partial charge in [-0.1, -0.05) is 24.8 Å². The van der Waals surface area contributed by atoms with Gasteiger partial charge in [0.25, 0.3) is 0 Å². The summed E-state index contributed by atoms with van der Waals surface area (Å²) in [6, 6.07) is 6.44. The Bertz CT molecular complexity index is 408. The molecule has 0 aromatic heterocycles. The lowest BCUT2D eigenvalue weighted by molar-refractivity contribution is 0.0980. The molecule has 3 nitrogen and oxygen atoms in total. The monoisotopic (exact) mass is 189 g/mol. The van der Waals surface area contributed by atoms with E-state index in [1.54, 1.807) is 25.1 Å². The van der Waals surface area contributed by atoms with Crippen molar-refractivity contribution in [1.82, 2.24) is 0 Å². The molecule has 1 amide bonds. The normalized spacial score (nSPS) is 9.50. The maximum absolute atomic E-state index is 11.6. The van der Waals surface area contributed by atoms with Gasteiger partial charge in [0.1, 0.15) is 0 Å². The van der Waals surface area contributed by atoms with Crippen molar-refractivity contribution < 1.29 is 9.59 Å². The van der Waals surface area contributed by atoms with Crippen LogP contribution >= 0.6 is 0 Å². The van der Waals surface area contributed by atoms with Crippen molar-refractivity contribution >= 4 is 11.7 Å². The third kappa shape index (κ3) is 1.88. The standard InChI is InChI=1S/C11H11NO2/c1-7(2)10(13)8-5-3-4-6-9(8)11(12)14/h3-6H,1H2,2H3,(H2,12,14). The maximum atomic E-state index is 11.6. The number of ketones is 1. The van der Waals surface area contributed by atoms with Crippen LogP contribution in [0.5, 0.6) is 0 Å². The smallest absolute Gasteiger partial charge is 0.249 e. The Labute approximate surface area is 82.2 Å². The molecular weight excluding hydrogens is 178 g/mol. The number of carbonyl (C=O) groups excluding carboxylic acids is 2. The number of Topliss-reactive ketones (excluding diaryl/α,β-unsaturated/α-hetero) is 1. The molecule has 0 fully saturated rings. The van der Waals surface area contributed by atoms with Gasteiger partial charge in [0.2, 0.25) is 5.91 Å². The van der Waals surface area contributed by atoms with E-state index in [1.807, 2.05) is 0 Å². The van der Waals surface area contributed by atoms with Gasteiger partial charge in [0, 0.05) is 5.56 Å². The Balaban J connectivity index is 3.27. The molecule has 72 valence electrons. The number of nitrogens with two attached hydrogens (primary N) is 1. The number of hydrogen-bond acceptors (Lipinski definition) is 2. The molecule has 0 aliphatic heterocycles. The molecule has 0 atom stereocenters. The average molecular weight is 189 g/mol. The summed E-state index contributed by atoms with van der Waals surface area (Å²) < 4.78 is 0. The highest BCUT2D eigenvalue weighted by Crippen LogP contribution is 2.12. The van der Waals surface area contributed by atoms with Crippen LogP contribution in [0.25, 0.3) is 0 Å². The third-order valence-corrected chi connectivity index (χ3v) is 1.82. The molecule has 1 rings (SSSR count). The lowest BCUT2D eigenvalue weighted by atomic mass is 10.00. The van der Waals surface area contributed by atoms with Crippen molar-refractivity contribution in [2.45, 2.75) is 6.92 Å². The van der Waals surface area contributed by atoms with Gasteiger partial charge in [-0.25, -0.2) is 0 Å². The molecule has 0 aliphatic carbocycles. The van der Waals surface area contributed by atoms with Crippen molar-refractivity contribution in [1.29, 1.82) is 0 Å². The van der Waals surface area contributed by atoms with Crippen LogP contribution in [0, 0.1) is 0 Å². The summed E-state index contributed by atoms with van der Waals surface area (Å²) in [5, 5.41) is 0. The maximum Gasteiger partial charge on any atom is 0.249 e. The number of amides is 1. The second-order valence-corrected chi connectivity index (χ2v) is 3.02. The van der Waals surface area contributed by atoms with Gasteiger partial charge >= 0.3 is 0 Å². The average Bonchev–Trinajstić information content (AvgIpc) is 2.16. The highest BCUT2D eigenvalue weighted by atomic mass is 16.1. The minimum absolute atomic E-state index is 0.237. The van der Waals surface area contributed by atoms with E-state index in [0.29, 0.717) is 11.1 Å². The van der Waals surface area contributed by atoms with E-state index < -0.39 is 5.91 Å². The highest BCUT2D eigenvalue weighted by Gasteiger charge is 2.14. The van der Waals surface area contributed by atoms with Gasteiger partial charge in [-0.15, -0.1) is 0 Å².